The third kappa shape index (κ3) is 35.4. The van der Waals surface area contributed by atoms with Crippen molar-refractivity contribution in [3.63, 3.8) is 0 Å². The highest BCUT2D eigenvalue weighted by Crippen LogP contribution is 2.18. The second kappa shape index (κ2) is 45.0. The van der Waals surface area contributed by atoms with E-state index in [1.165, 1.54) is 4.90 Å². The molecule has 1 saturated heterocycles. The van der Waals surface area contributed by atoms with Gasteiger partial charge in [-0.15, -0.1) is 0 Å². The molecule has 1 fully saturated rings. The lowest BCUT2D eigenvalue weighted by Crippen LogP contribution is -2.55. The highest BCUT2D eigenvalue weighted by Gasteiger charge is 2.31. The molecular weight excluding hydrogens is 1300 g/mol. The molecule has 544 valence electrons. The van der Waals surface area contributed by atoms with Crippen LogP contribution in [0.15, 0.2) is 84.9 Å². The molecule has 0 aliphatic carbocycles. The van der Waals surface area contributed by atoms with Crippen LogP contribution in [0.2, 0.25) is 0 Å². The van der Waals surface area contributed by atoms with E-state index in [1.807, 2.05) is 10.2 Å². The van der Waals surface area contributed by atoms with Crippen molar-refractivity contribution in [3.05, 3.63) is 102 Å². The van der Waals surface area contributed by atoms with Gasteiger partial charge in [-0.3, -0.25) is 67.5 Å². The number of carbonyl (C=O) groups excluding carboxylic acids is 7. The van der Waals surface area contributed by atoms with Crippen LogP contribution in [-0.4, -0.2) is 266 Å². The lowest BCUT2D eigenvalue weighted by atomic mass is 10.0. The molecule has 0 saturated carbocycles. The van der Waals surface area contributed by atoms with Crippen molar-refractivity contribution in [2.75, 3.05) is 96.9 Å². The van der Waals surface area contributed by atoms with E-state index >= 15 is 0 Å². The van der Waals surface area contributed by atoms with Crippen LogP contribution < -0.4 is 42.5 Å². The summed E-state index contributed by atoms with van der Waals surface area (Å²) in [5.74, 6) is -10.6. The molecule has 0 bridgehead atoms. The van der Waals surface area contributed by atoms with Crippen molar-refractivity contribution in [1.29, 1.82) is 0 Å². The van der Waals surface area contributed by atoms with Crippen LogP contribution in [0, 0.1) is 0 Å². The largest absolute Gasteiger partial charge is 0.481 e. The number of carboxylic acid groups (broad SMARTS) is 6. The van der Waals surface area contributed by atoms with E-state index in [9.17, 15) is 98.1 Å². The predicted molar refractivity (Wildman–Crippen MR) is 355 cm³/mol. The predicted octanol–water partition coefficient (Wildman–Crippen LogP) is -0.903. The minimum atomic E-state index is -1.88. The van der Waals surface area contributed by atoms with Gasteiger partial charge in [-0.2, -0.15) is 0 Å². The molecule has 3 aromatic rings. The van der Waals surface area contributed by atoms with Crippen LogP contribution in [0.5, 0.6) is 0 Å². The Kier molecular flexibility index (Phi) is 37.2. The first kappa shape index (κ1) is 81.8. The minimum Gasteiger partial charge on any atom is -0.481 e. The number of hydrogen-bond donors (Lipinski definition) is 16. The van der Waals surface area contributed by atoms with Crippen LogP contribution in [0.4, 0.5) is 10.5 Å². The number of carboxylic acids is 6. The Hall–Kier alpha value is -9.67. The fourth-order valence-electron chi connectivity index (χ4n) is 10.8. The van der Waals surface area contributed by atoms with Crippen molar-refractivity contribution < 1.29 is 103 Å². The Morgan fingerprint density at radius 3 is 1.41 bits per heavy atom. The van der Waals surface area contributed by atoms with E-state index in [4.69, 9.17) is 5.11 Å². The van der Waals surface area contributed by atoms with Crippen molar-refractivity contribution in [2.45, 2.75) is 133 Å². The smallest absolute Gasteiger partial charge is 0.326 e. The highest BCUT2D eigenvalue weighted by atomic mass is 16.5. The summed E-state index contributed by atoms with van der Waals surface area (Å²) in [5.41, 5.74) is 2.54. The molecule has 1 heterocycles. The first-order chi connectivity index (χ1) is 47.2. The van der Waals surface area contributed by atoms with E-state index in [2.05, 4.69) is 37.2 Å². The van der Waals surface area contributed by atoms with Crippen LogP contribution in [0.25, 0.3) is 0 Å². The van der Waals surface area contributed by atoms with Crippen molar-refractivity contribution in [2.24, 2.45) is 0 Å². The molecule has 3 aromatic carbocycles. The first-order valence-corrected chi connectivity index (χ1v) is 32.8. The van der Waals surface area contributed by atoms with Gasteiger partial charge < -0.3 is 83.4 Å². The van der Waals surface area contributed by atoms with Gasteiger partial charge in [0.05, 0.1) is 26.2 Å². The second-order valence-electron chi connectivity index (χ2n) is 24.0. The van der Waals surface area contributed by atoms with E-state index in [1.54, 1.807) is 94.7 Å². The van der Waals surface area contributed by atoms with Crippen LogP contribution >= 0.6 is 0 Å². The lowest BCUT2D eigenvalue weighted by molar-refractivity contribution is -0.142. The first-order valence-electron chi connectivity index (χ1n) is 32.8. The van der Waals surface area contributed by atoms with Crippen molar-refractivity contribution in [3.8, 4) is 0 Å². The average molecular weight is 1390 g/mol. The standard InChI is InChI=1S/C66H94N12O21/c79-53(23-21-49(64(95)96)73-66(99)74-50(65(97)98)22-26-57(83)84)67-27-11-3-1-2-10-16-55(81)71-52(38-45-14-8-5-9-15-45)63(94)72-51(37-44-12-6-4-7-13-44)62(93)69-29-28-68-54(80)24-25-56(82)70-47-19-17-46(18-20-47)36-48(78(42-60(89)90)43-61(91)92)39-75-30-32-76(40-58(85)86)34-35-77(33-31-75)41-59(87)88/h4-9,12-15,17-20,48-52,60,89-90H,1-3,10-11,16,21-43H2,(H,67,79)(H,68,80)(H,69,93)(H,70,82)(H,71,81)(H,72,94)(H,83,84)(H,85,86)(H,87,88)(H,91,92)(H,95,96)(H,97,98)(H2,73,74,99). The number of carbonyl (C=O) groups is 13. The number of unbranched alkanes of at least 4 members (excludes halogenated alkanes) is 4. The second-order valence-corrected chi connectivity index (χ2v) is 24.0. The Labute approximate surface area is 572 Å². The van der Waals surface area contributed by atoms with Crippen LogP contribution in [-0.2, 0) is 76.8 Å². The third-order valence-corrected chi connectivity index (χ3v) is 15.9. The quantitative estimate of drug-likeness (QED) is 0.0241. The maximum atomic E-state index is 14.1. The SMILES string of the molecule is O=C(O)CCC(NC(=O)NC(CCC(=O)NCCCCCCCC(=O)NC(Cc1ccccc1)C(=O)NC(Cc1ccccc1)C(=O)NCCNC(=O)CCC(=O)Nc1ccc(CC(CN2CCN(CC(=O)O)CCN(CC(=O)O)CC2)N(CC(=O)O)CC(O)O)cc1)C(=O)O)C(=O)O. The molecule has 99 heavy (non-hydrogen) atoms. The normalized spacial score (nSPS) is 14.5. The molecular formula is C66H94N12O21. The van der Waals surface area contributed by atoms with Crippen molar-refractivity contribution in [1.82, 2.24) is 56.8 Å². The van der Waals surface area contributed by atoms with Gasteiger partial charge in [0.1, 0.15) is 24.2 Å². The summed E-state index contributed by atoms with van der Waals surface area (Å²) in [6.45, 7) is 0.817. The molecule has 16 N–H and O–H groups in total. The number of aliphatic carboxylic acids is 6. The number of nitrogens with zero attached hydrogens (tertiary/aromatic N) is 4. The summed E-state index contributed by atoms with van der Waals surface area (Å²) in [6.07, 6.45) is -0.418. The summed E-state index contributed by atoms with van der Waals surface area (Å²) in [6, 6.07) is 17.4. The number of urea groups is 1. The average Bonchev–Trinajstić information content (AvgIpc) is 1.82. The Bertz CT molecular complexity index is 3080. The highest BCUT2D eigenvalue weighted by molar-refractivity contribution is 5.94. The number of amides is 8. The zero-order valence-electron chi connectivity index (χ0n) is 55.2. The van der Waals surface area contributed by atoms with Gasteiger partial charge in [-0.05, 0) is 60.9 Å². The number of aliphatic hydroxyl groups is 2. The van der Waals surface area contributed by atoms with Gasteiger partial charge in [0.2, 0.25) is 35.4 Å². The Morgan fingerprint density at radius 2 is 0.889 bits per heavy atom. The number of rotatable bonds is 46. The fraction of sp³-hybridized carbons (Fsp3) is 0.530. The summed E-state index contributed by atoms with van der Waals surface area (Å²) < 4.78 is 0. The van der Waals surface area contributed by atoms with Crippen LogP contribution in [0.1, 0.15) is 93.7 Å². The Morgan fingerprint density at radius 1 is 0.414 bits per heavy atom. The third-order valence-electron chi connectivity index (χ3n) is 15.9. The summed E-state index contributed by atoms with van der Waals surface area (Å²) >= 11 is 0. The number of benzene rings is 3. The molecule has 5 atom stereocenters. The van der Waals surface area contributed by atoms with Gasteiger partial charge in [0, 0.05) is 122 Å². The number of nitrogens with one attached hydrogen (secondary N) is 8. The summed E-state index contributed by atoms with van der Waals surface area (Å²) in [5, 5.41) is 97.0. The van der Waals surface area contributed by atoms with Gasteiger partial charge in [-0.25, -0.2) is 14.4 Å². The zero-order chi connectivity index (χ0) is 72.7. The van der Waals surface area contributed by atoms with Crippen LogP contribution in [0.3, 0.4) is 0 Å². The summed E-state index contributed by atoms with van der Waals surface area (Å²) in [7, 11) is 0. The van der Waals surface area contributed by atoms with E-state index in [0.29, 0.717) is 82.6 Å². The molecule has 33 heteroatoms. The minimum absolute atomic E-state index is 0.0310. The molecule has 1 aliphatic rings. The molecule has 1 aliphatic heterocycles. The van der Waals surface area contributed by atoms with E-state index in [0.717, 1.165) is 11.1 Å². The lowest BCUT2D eigenvalue weighted by Gasteiger charge is -2.36. The molecule has 0 spiro atoms. The van der Waals surface area contributed by atoms with Gasteiger partial charge in [0.25, 0.3) is 0 Å². The maximum Gasteiger partial charge on any atom is 0.326 e. The van der Waals surface area contributed by atoms with E-state index in [-0.39, 0.29) is 90.6 Å². The van der Waals surface area contributed by atoms with Gasteiger partial charge in [-0.1, -0.05) is 92.1 Å². The molecule has 33 nitrogen and oxygen atoms in total. The molecule has 8 amide bonds. The Balaban J connectivity index is 1.24. The maximum absolute atomic E-state index is 14.1. The summed E-state index contributed by atoms with van der Waals surface area (Å²) in [4.78, 5) is 168. The molecule has 0 aromatic heterocycles. The zero-order valence-corrected chi connectivity index (χ0v) is 55.2. The monoisotopic (exact) mass is 1390 g/mol. The fourth-order valence-corrected chi connectivity index (χ4v) is 10.8. The van der Waals surface area contributed by atoms with E-state index < -0.39 is 140 Å². The molecule has 5 unspecified atom stereocenters. The number of hydrogen-bond acceptors (Lipinski definition) is 19. The number of aliphatic hydroxyl groups excluding tert-OH is 1. The topological polar surface area (TPSA) is 493 Å². The molecule has 0 radical (unpaired) electrons. The van der Waals surface area contributed by atoms with Gasteiger partial charge >= 0.3 is 41.8 Å². The number of anilines is 1. The van der Waals surface area contributed by atoms with Gasteiger partial charge in [0.15, 0.2) is 6.29 Å². The van der Waals surface area contributed by atoms with Crippen molar-refractivity contribution >= 4 is 83.0 Å². The molecule has 4 rings (SSSR count).